The molecule has 0 radical (unpaired) electrons. The lowest BCUT2D eigenvalue weighted by atomic mass is 9.80. The fraction of sp³-hybridized carbons (Fsp3) is 0.0909. The molecule has 0 aromatic heterocycles. The monoisotopic (exact) mass is 362 g/mol. The third-order valence-corrected chi connectivity index (χ3v) is 5.04. The van der Waals surface area contributed by atoms with E-state index in [0.29, 0.717) is 22.3 Å². The Hall–Kier alpha value is -3.60. The quantitative estimate of drug-likeness (QED) is 0.471. The lowest BCUT2D eigenvalue weighted by molar-refractivity contribution is 0.440. The maximum atomic E-state index is 10.5. The van der Waals surface area contributed by atoms with Gasteiger partial charge in [0.05, 0.1) is 0 Å². The van der Waals surface area contributed by atoms with Gasteiger partial charge < -0.3 is 25.5 Å². The molecule has 0 saturated heterocycles. The van der Waals surface area contributed by atoms with Crippen molar-refractivity contribution >= 4 is 5.57 Å². The molecule has 2 atom stereocenters. The van der Waals surface area contributed by atoms with Crippen LogP contribution in [0.25, 0.3) is 5.57 Å². The summed E-state index contributed by atoms with van der Waals surface area (Å²) in [5.74, 6) is -0.952. The van der Waals surface area contributed by atoms with Crippen LogP contribution in [0.2, 0.25) is 0 Å². The first kappa shape index (κ1) is 16.8. The van der Waals surface area contributed by atoms with Gasteiger partial charge in [0, 0.05) is 29.5 Å². The first-order chi connectivity index (χ1) is 12.8. The number of hydrogen-bond acceptors (Lipinski definition) is 5. The Bertz CT molecular complexity index is 1030. The largest absolute Gasteiger partial charge is 0.508 e. The molecule has 5 nitrogen and oxygen atoms in total. The number of aromatic hydroxyl groups is 5. The van der Waals surface area contributed by atoms with Crippen molar-refractivity contribution in [2.75, 3.05) is 0 Å². The molecule has 0 fully saturated rings. The number of hydrogen-bond donors (Lipinski definition) is 5. The van der Waals surface area contributed by atoms with E-state index >= 15 is 0 Å². The standard InChI is InChI=1S/C22H18O5/c1-11-18-9-17(26)10-19(27)22(18)21(13-6-15(24)8-16(25)7-13)20(11)12-2-4-14(23)5-3-12/h2-10,20-21,23-27H,1H2/t20-,21-/m0/s1. The zero-order chi connectivity index (χ0) is 19.3. The molecule has 0 saturated carbocycles. The van der Waals surface area contributed by atoms with Crippen molar-refractivity contribution in [3.05, 3.63) is 83.4 Å². The van der Waals surface area contributed by atoms with E-state index in [1.54, 1.807) is 30.3 Å². The van der Waals surface area contributed by atoms with Crippen LogP contribution in [0.15, 0.2) is 61.2 Å². The maximum Gasteiger partial charge on any atom is 0.123 e. The van der Waals surface area contributed by atoms with Gasteiger partial charge >= 0.3 is 0 Å². The maximum absolute atomic E-state index is 10.5. The number of phenols is 5. The highest BCUT2D eigenvalue weighted by Gasteiger charge is 2.40. The molecule has 0 spiro atoms. The van der Waals surface area contributed by atoms with E-state index in [-0.39, 0.29) is 34.7 Å². The normalized spacial score (nSPS) is 18.4. The number of phenolic OH excluding ortho intramolecular Hbond substituents is 5. The summed E-state index contributed by atoms with van der Waals surface area (Å²) < 4.78 is 0. The molecule has 5 heteroatoms. The van der Waals surface area contributed by atoms with Gasteiger partial charge in [-0.25, -0.2) is 0 Å². The second kappa shape index (κ2) is 5.99. The number of allylic oxidation sites excluding steroid dienone is 1. The third-order valence-electron chi connectivity index (χ3n) is 5.04. The van der Waals surface area contributed by atoms with Crippen LogP contribution in [0.3, 0.4) is 0 Å². The van der Waals surface area contributed by atoms with Gasteiger partial charge in [-0.2, -0.15) is 0 Å². The van der Waals surface area contributed by atoms with Crippen LogP contribution in [0.5, 0.6) is 28.7 Å². The first-order valence-electron chi connectivity index (χ1n) is 8.42. The molecule has 1 aliphatic carbocycles. The van der Waals surface area contributed by atoms with Gasteiger partial charge in [-0.3, -0.25) is 0 Å². The van der Waals surface area contributed by atoms with Gasteiger partial charge in [0.1, 0.15) is 28.7 Å². The van der Waals surface area contributed by atoms with Crippen LogP contribution in [0, 0.1) is 0 Å². The van der Waals surface area contributed by atoms with E-state index in [1.165, 1.54) is 24.3 Å². The van der Waals surface area contributed by atoms with E-state index < -0.39 is 5.92 Å². The second-order valence-corrected chi connectivity index (χ2v) is 6.78. The average molecular weight is 362 g/mol. The molecule has 4 rings (SSSR count). The molecule has 0 aliphatic heterocycles. The summed E-state index contributed by atoms with van der Waals surface area (Å²) in [6, 6.07) is 13.8. The molecule has 5 N–H and O–H groups in total. The number of benzene rings is 3. The second-order valence-electron chi connectivity index (χ2n) is 6.78. The Morgan fingerprint density at radius 1 is 0.593 bits per heavy atom. The van der Waals surface area contributed by atoms with Crippen LogP contribution in [-0.4, -0.2) is 25.5 Å². The zero-order valence-corrected chi connectivity index (χ0v) is 14.3. The van der Waals surface area contributed by atoms with Crippen molar-refractivity contribution in [1.29, 1.82) is 0 Å². The molecule has 0 bridgehead atoms. The summed E-state index contributed by atoms with van der Waals surface area (Å²) in [6.07, 6.45) is 0. The van der Waals surface area contributed by atoms with Crippen LogP contribution in [0.1, 0.15) is 34.1 Å². The lowest BCUT2D eigenvalue weighted by Gasteiger charge is -2.23. The lowest BCUT2D eigenvalue weighted by Crippen LogP contribution is -2.07. The summed E-state index contributed by atoms with van der Waals surface area (Å²) in [7, 11) is 0. The molecule has 0 heterocycles. The van der Waals surface area contributed by atoms with Crippen molar-refractivity contribution in [1.82, 2.24) is 0 Å². The first-order valence-corrected chi connectivity index (χ1v) is 8.42. The number of fused-ring (bicyclic) bond motifs is 1. The summed E-state index contributed by atoms with van der Waals surface area (Å²) in [4.78, 5) is 0. The molecule has 0 amide bonds. The Kier molecular flexibility index (Phi) is 3.73. The number of rotatable bonds is 2. The van der Waals surface area contributed by atoms with Crippen molar-refractivity contribution in [2.45, 2.75) is 11.8 Å². The topological polar surface area (TPSA) is 101 Å². The van der Waals surface area contributed by atoms with E-state index in [0.717, 1.165) is 5.56 Å². The molecule has 136 valence electrons. The van der Waals surface area contributed by atoms with Gasteiger partial charge in [-0.05, 0) is 52.6 Å². The van der Waals surface area contributed by atoms with Gasteiger partial charge in [-0.15, -0.1) is 0 Å². The molecule has 27 heavy (non-hydrogen) atoms. The zero-order valence-electron chi connectivity index (χ0n) is 14.3. The predicted octanol–water partition coefficient (Wildman–Crippen LogP) is 4.16. The van der Waals surface area contributed by atoms with Crippen molar-refractivity contribution in [3.8, 4) is 28.7 Å². The summed E-state index contributed by atoms with van der Waals surface area (Å²) in [6.45, 7) is 4.17. The molecule has 0 unspecified atom stereocenters. The molecule has 3 aromatic rings. The van der Waals surface area contributed by atoms with Crippen LogP contribution < -0.4 is 0 Å². The highest BCUT2D eigenvalue weighted by Crippen LogP contribution is 2.57. The Morgan fingerprint density at radius 3 is 1.81 bits per heavy atom. The Labute approximate surface area is 155 Å². The fourth-order valence-corrected chi connectivity index (χ4v) is 3.98. The minimum absolute atomic E-state index is 0.0729. The van der Waals surface area contributed by atoms with Gasteiger partial charge in [0.2, 0.25) is 0 Å². The van der Waals surface area contributed by atoms with Crippen molar-refractivity contribution in [2.24, 2.45) is 0 Å². The summed E-state index contributed by atoms with van der Waals surface area (Å²) in [5.41, 5.74) is 3.33. The Morgan fingerprint density at radius 2 is 1.19 bits per heavy atom. The SMILES string of the molecule is C=C1c2cc(O)cc(O)c2[C@@H](c2cc(O)cc(O)c2)[C@@H]1c1ccc(O)cc1. The Balaban J connectivity index is 1.98. The molecular formula is C22H18O5. The molecular weight excluding hydrogens is 344 g/mol. The van der Waals surface area contributed by atoms with E-state index in [1.807, 2.05) is 0 Å². The fourth-order valence-electron chi connectivity index (χ4n) is 3.98. The van der Waals surface area contributed by atoms with Gasteiger partial charge in [-0.1, -0.05) is 18.7 Å². The third kappa shape index (κ3) is 2.73. The van der Waals surface area contributed by atoms with Crippen molar-refractivity contribution in [3.63, 3.8) is 0 Å². The molecule has 3 aromatic carbocycles. The summed E-state index contributed by atoms with van der Waals surface area (Å²) >= 11 is 0. The highest BCUT2D eigenvalue weighted by atomic mass is 16.3. The smallest absolute Gasteiger partial charge is 0.123 e. The van der Waals surface area contributed by atoms with Gasteiger partial charge in [0.15, 0.2) is 0 Å². The van der Waals surface area contributed by atoms with Crippen LogP contribution in [-0.2, 0) is 0 Å². The predicted molar refractivity (Wildman–Crippen MR) is 101 cm³/mol. The minimum atomic E-state index is -0.435. The highest BCUT2D eigenvalue weighted by molar-refractivity contribution is 5.83. The summed E-state index contributed by atoms with van der Waals surface area (Å²) in [5, 5.41) is 50.0. The van der Waals surface area contributed by atoms with E-state index in [2.05, 4.69) is 6.58 Å². The average Bonchev–Trinajstić information content (AvgIpc) is 2.88. The van der Waals surface area contributed by atoms with Gasteiger partial charge in [0.25, 0.3) is 0 Å². The van der Waals surface area contributed by atoms with E-state index in [4.69, 9.17) is 0 Å². The van der Waals surface area contributed by atoms with Crippen LogP contribution >= 0.6 is 0 Å². The van der Waals surface area contributed by atoms with Crippen molar-refractivity contribution < 1.29 is 25.5 Å². The van der Waals surface area contributed by atoms with Crippen LogP contribution in [0.4, 0.5) is 0 Å². The molecule has 1 aliphatic rings. The minimum Gasteiger partial charge on any atom is -0.508 e. The van der Waals surface area contributed by atoms with E-state index in [9.17, 15) is 25.5 Å².